The molecule has 0 saturated heterocycles. The summed E-state index contributed by atoms with van der Waals surface area (Å²) in [5.74, 6) is -1.31. The normalized spacial score (nSPS) is 10.8. The molecule has 1 N–H and O–H groups in total. The van der Waals surface area contributed by atoms with Gasteiger partial charge in [0, 0.05) is 0 Å². The lowest BCUT2D eigenvalue weighted by Gasteiger charge is -1.40. The van der Waals surface area contributed by atoms with E-state index in [9.17, 15) is 0 Å². The molecule has 0 bridgehead atoms. The monoisotopic (exact) mass is 113 g/mol. The molecule has 0 aliphatic rings. The first-order valence-corrected chi connectivity index (χ1v) is 3.84. The highest BCUT2D eigenvalue weighted by Gasteiger charge is 1.44. The fourth-order valence-corrected chi connectivity index (χ4v) is 0. The highest BCUT2D eigenvalue weighted by atomic mass is 35.7. The summed E-state index contributed by atoms with van der Waals surface area (Å²) >= 11 is 8.94. The molecule has 1 nitrogen and oxygen atoms in total. The summed E-state index contributed by atoms with van der Waals surface area (Å²) in [6.07, 6.45) is 0. The van der Waals surface area contributed by atoms with Crippen LogP contribution in [0.5, 0.6) is 0 Å². The number of halogens is 1. The first-order valence-electron chi connectivity index (χ1n) is 0.575. The molecule has 0 spiro atoms. The predicted octanol–water partition coefficient (Wildman–Crippen LogP) is 1.85. The van der Waals surface area contributed by atoms with E-state index in [1.54, 1.807) is 0 Å². The molecule has 0 heterocycles. The molecule has 4 heavy (non-hydrogen) atoms. The van der Waals surface area contributed by atoms with Gasteiger partial charge >= 0.3 is 0 Å². The first-order chi connectivity index (χ1) is 1.73. The summed E-state index contributed by atoms with van der Waals surface area (Å²) < 4.78 is 0. The van der Waals surface area contributed by atoms with Crippen molar-refractivity contribution in [3.8, 4) is 0 Å². The molecule has 0 aromatic heterocycles. The predicted molar refractivity (Wildman–Crippen MR) is 22.9 cm³/mol. The van der Waals surface area contributed by atoms with E-state index >= 15 is 0 Å². The minimum Gasteiger partial charge on any atom is -0.265 e. The van der Waals surface area contributed by atoms with Crippen molar-refractivity contribution in [2.75, 3.05) is 0 Å². The summed E-state index contributed by atoms with van der Waals surface area (Å²) in [5, 5.41) is 6.23. The molecular formula is HClNPS. The van der Waals surface area contributed by atoms with E-state index in [2.05, 4.69) is 11.8 Å². The van der Waals surface area contributed by atoms with Crippen molar-refractivity contribution in [1.29, 1.82) is 5.16 Å². The van der Waals surface area contributed by atoms with Gasteiger partial charge in [0.15, 0.2) is 0 Å². The van der Waals surface area contributed by atoms with Crippen molar-refractivity contribution < 1.29 is 0 Å². The van der Waals surface area contributed by atoms with Crippen LogP contribution in [0.2, 0.25) is 0 Å². The van der Waals surface area contributed by atoms with Gasteiger partial charge in [0.2, 0.25) is 0 Å². The summed E-state index contributed by atoms with van der Waals surface area (Å²) in [5.41, 5.74) is 0. The number of hydrogen-bond donors (Lipinski definition) is 1. The van der Waals surface area contributed by atoms with Gasteiger partial charge in [-0.15, -0.1) is 0 Å². The second kappa shape index (κ2) is 1.89. The van der Waals surface area contributed by atoms with Gasteiger partial charge in [0.05, 0.1) is 0 Å². The standard InChI is InChI=1S/ClHNPS/c1-3(2)4/h2H. The third-order valence-corrected chi connectivity index (χ3v) is 0. The maximum absolute atomic E-state index is 6.23. The van der Waals surface area contributed by atoms with Crippen LogP contribution >= 0.6 is 17.1 Å². The van der Waals surface area contributed by atoms with Crippen molar-refractivity contribution in [2.45, 2.75) is 0 Å². The second-order valence-corrected chi connectivity index (χ2v) is 3.45. The van der Waals surface area contributed by atoms with Crippen molar-refractivity contribution in [2.24, 2.45) is 0 Å². The van der Waals surface area contributed by atoms with Crippen molar-refractivity contribution in [3.05, 3.63) is 0 Å². The van der Waals surface area contributed by atoms with Crippen LogP contribution in [0, 0.1) is 5.16 Å². The molecule has 0 aliphatic heterocycles. The third kappa shape index (κ3) is 18.2. The Morgan fingerprint density at radius 3 is 2.00 bits per heavy atom. The van der Waals surface area contributed by atoms with E-state index in [1.807, 2.05) is 0 Å². The van der Waals surface area contributed by atoms with Crippen LogP contribution in [0.4, 0.5) is 0 Å². The molecule has 1 atom stereocenters. The maximum Gasteiger partial charge on any atom is 0.127 e. The van der Waals surface area contributed by atoms with Crippen LogP contribution in [-0.4, -0.2) is 0 Å². The van der Waals surface area contributed by atoms with Crippen LogP contribution in [0.1, 0.15) is 0 Å². The zero-order valence-electron chi connectivity index (χ0n) is 1.73. The van der Waals surface area contributed by atoms with Crippen LogP contribution in [0.25, 0.3) is 0 Å². The summed E-state index contributed by atoms with van der Waals surface area (Å²) in [7, 11) is 0. The summed E-state index contributed by atoms with van der Waals surface area (Å²) in [6.45, 7) is 0. The van der Waals surface area contributed by atoms with Gasteiger partial charge in [-0.2, -0.15) is 0 Å². The van der Waals surface area contributed by atoms with Crippen LogP contribution < -0.4 is 0 Å². The number of nitrogens with one attached hydrogen (secondary N) is 1. The summed E-state index contributed by atoms with van der Waals surface area (Å²) in [6, 6.07) is 0. The third-order valence-electron chi connectivity index (χ3n) is 0. The Hall–Kier alpha value is 0.610. The smallest absolute Gasteiger partial charge is 0.127 e. The molecule has 0 aromatic rings. The lowest BCUT2D eigenvalue weighted by atomic mass is 14.0. The van der Waals surface area contributed by atoms with E-state index < -0.39 is 5.84 Å². The Kier molecular flexibility index (Phi) is 2.17. The van der Waals surface area contributed by atoms with E-state index in [0.717, 1.165) is 0 Å². The fraction of sp³-hybridized carbons (Fsp3) is 0. The van der Waals surface area contributed by atoms with Gasteiger partial charge in [0.1, 0.15) is 5.84 Å². The molecule has 0 aromatic carbocycles. The van der Waals surface area contributed by atoms with Gasteiger partial charge in [0.25, 0.3) is 0 Å². The molecule has 0 rings (SSSR count). The van der Waals surface area contributed by atoms with Crippen molar-refractivity contribution >= 4 is 28.9 Å². The Labute approximate surface area is 34.7 Å². The lowest BCUT2D eigenvalue weighted by Crippen LogP contribution is -0.873. The Morgan fingerprint density at radius 1 is 2.00 bits per heavy atom. The van der Waals surface area contributed by atoms with Crippen LogP contribution in [0.15, 0.2) is 0 Å². The highest BCUT2D eigenvalue weighted by molar-refractivity contribution is 8.11. The quantitative estimate of drug-likeness (QED) is 0.476. The van der Waals surface area contributed by atoms with Crippen LogP contribution in [0.3, 0.4) is 0 Å². The SMILES string of the molecule is N=P(=S)Cl. The van der Waals surface area contributed by atoms with E-state index in [1.165, 1.54) is 0 Å². The lowest BCUT2D eigenvalue weighted by molar-refractivity contribution is 1.66. The topological polar surface area (TPSA) is 23.9 Å². The average Bonchev–Trinajstić information content (AvgIpc) is 0.811. The molecule has 0 saturated carbocycles. The number of hydrogen-bond acceptors (Lipinski definition) is 2. The van der Waals surface area contributed by atoms with Gasteiger partial charge < -0.3 is 0 Å². The van der Waals surface area contributed by atoms with Gasteiger partial charge in [-0.25, -0.2) is 0 Å². The average molecular weight is 114 g/mol. The van der Waals surface area contributed by atoms with Gasteiger partial charge in [-0.1, -0.05) is 0 Å². The minimum absolute atomic E-state index is 1.31. The molecule has 24 valence electrons. The van der Waals surface area contributed by atoms with Gasteiger partial charge in [-0.05, 0) is 23.0 Å². The molecule has 0 fully saturated rings. The second-order valence-electron chi connectivity index (χ2n) is 0.245. The van der Waals surface area contributed by atoms with E-state index in [-0.39, 0.29) is 0 Å². The molecule has 1 unspecified atom stereocenters. The van der Waals surface area contributed by atoms with Crippen molar-refractivity contribution in [1.82, 2.24) is 0 Å². The fourth-order valence-electron chi connectivity index (χ4n) is 0. The summed E-state index contributed by atoms with van der Waals surface area (Å²) in [4.78, 5) is 0. The van der Waals surface area contributed by atoms with E-state index in [4.69, 9.17) is 16.4 Å². The van der Waals surface area contributed by atoms with Gasteiger partial charge in [-0.3, -0.25) is 5.16 Å². The Balaban J connectivity index is 3.51. The van der Waals surface area contributed by atoms with Crippen LogP contribution in [-0.2, 0) is 11.8 Å². The zero-order chi connectivity index (χ0) is 3.58. The molecule has 4 heteroatoms. The molecule has 0 amide bonds. The zero-order valence-corrected chi connectivity index (χ0v) is 4.20. The Bertz CT molecular complexity index is 56.4. The highest BCUT2D eigenvalue weighted by Crippen LogP contribution is 2.08. The largest absolute Gasteiger partial charge is 0.265 e. The molecule has 0 radical (unpaired) electrons. The minimum atomic E-state index is -1.31. The van der Waals surface area contributed by atoms with E-state index in [0.29, 0.717) is 0 Å². The Morgan fingerprint density at radius 2 is 2.00 bits per heavy atom. The first kappa shape index (κ1) is 4.61. The maximum atomic E-state index is 6.23. The van der Waals surface area contributed by atoms with Crippen molar-refractivity contribution in [3.63, 3.8) is 0 Å². The molecular weight excluding hydrogens is 113 g/mol. The number of rotatable bonds is 0. The molecule has 0 aliphatic carbocycles.